The minimum Gasteiger partial charge on any atom is -0.454 e. The molecule has 0 atom stereocenters. The molecule has 0 N–H and O–H groups in total. The van der Waals surface area contributed by atoms with Gasteiger partial charge in [-0.1, -0.05) is 12.1 Å². The summed E-state index contributed by atoms with van der Waals surface area (Å²) in [5.74, 6) is -5.52. The summed E-state index contributed by atoms with van der Waals surface area (Å²) in [6.45, 7) is 0. The quantitative estimate of drug-likeness (QED) is 0.622. The predicted molar refractivity (Wildman–Crippen MR) is 85.8 cm³/mol. The van der Waals surface area contributed by atoms with Crippen LogP contribution in [-0.2, 0) is 0 Å². The lowest BCUT2D eigenvalue weighted by molar-refractivity contribution is -0.253. The van der Waals surface area contributed by atoms with Gasteiger partial charge in [0.2, 0.25) is 0 Å². The zero-order chi connectivity index (χ0) is 21.3. The van der Waals surface area contributed by atoms with Crippen LogP contribution in [0.5, 0.6) is 11.5 Å². The fourth-order valence-electron chi connectivity index (χ4n) is 2.39. The summed E-state index contributed by atoms with van der Waals surface area (Å²) in [7, 11) is 2.95. The number of carbonyl (C=O) groups excluding carboxylic acids is 1. The van der Waals surface area contributed by atoms with Gasteiger partial charge in [0.05, 0.1) is 0 Å². The second-order valence-corrected chi connectivity index (χ2v) is 6.03. The van der Waals surface area contributed by atoms with Crippen molar-refractivity contribution < 1.29 is 40.3 Å². The molecule has 0 spiro atoms. The van der Waals surface area contributed by atoms with E-state index in [1.807, 2.05) is 0 Å². The van der Waals surface area contributed by atoms with Crippen LogP contribution in [0.3, 0.4) is 0 Å². The zero-order valence-corrected chi connectivity index (χ0v) is 14.5. The lowest BCUT2D eigenvalue weighted by atomic mass is 9.98. The molecule has 1 amide bonds. The van der Waals surface area contributed by atoms with Gasteiger partial charge in [0, 0.05) is 19.7 Å². The lowest BCUT2D eigenvalue weighted by Gasteiger charge is -2.23. The predicted octanol–water partition coefficient (Wildman–Crippen LogP) is 5.53. The SMILES string of the molecule is CN(C)C(=O)c1ccc(Oc2ccc(C(C(F)(F)F)C(F)(F)F)cc2)c(F)c1. The molecule has 0 heterocycles. The summed E-state index contributed by atoms with van der Waals surface area (Å²) in [6.07, 6.45) is -11.0. The molecule has 2 aromatic carbocycles. The van der Waals surface area contributed by atoms with Crippen molar-refractivity contribution in [2.24, 2.45) is 0 Å². The third kappa shape index (κ3) is 4.93. The van der Waals surface area contributed by atoms with E-state index in [1.54, 1.807) is 0 Å². The van der Waals surface area contributed by atoms with Gasteiger partial charge in [0.15, 0.2) is 17.5 Å². The zero-order valence-electron chi connectivity index (χ0n) is 14.5. The molecule has 0 aliphatic heterocycles. The minimum atomic E-state index is -5.51. The summed E-state index contributed by atoms with van der Waals surface area (Å²) < 4.78 is 95.6. The summed E-state index contributed by atoms with van der Waals surface area (Å²) in [6, 6.07) is 6.30. The first-order chi connectivity index (χ1) is 12.8. The van der Waals surface area contributed by atoms with Crippen LogP contribution in [0.4, 0.5) is 30.7 Å². The van der Waals surface area contributed by atoms with E-state index in [-0.39, 0.29) is 17.1 Å². The van der Waals surface area contributed by atoms with Gasteiger partial charge in [0.1, 0.15) is 5.75 Å². The number of rotatable bonds is 4. The van der Waals surface area contributed by atoms with E-state index in [0.29, 0.717) is 12.1 Å². The van der Waals surface area contributed by atoms with E-state index in [1.165, 1.54) is 25.1 Å². The molecule has 0 aliphatic rings. The smallest absolute Gasteiger partial charge is 0.404 e. The van der Waals surface area contributed by atoms with Crippen molar-refractivity contribution in [3.05, 3.63) is 59.4 Å². The normalized spacial score (nSPS) is 12.2. The van der Waals surface area contributed by atoms with Gasteiger partial charge in [-0.2, -0.15) is 26.3 Å². The van der Waals surface area contributed by atoms with E-state index in [0.717, 1.165) is 24.3 Å². The number of amides is 1. The van der Waals surface area contributed by atoms with Crippen LogP contribution in [0.2, 0.25) is 0 Å². The number of alkyl halides is 6. The van der Waals surface area contributed by atoms with E-state index in [2.05, 4.69) is 0 Å². The van der Waals surface area contributed by atoms with Crippen LogP contribution in [-0.4, -0.2) is 37.3 Å². The molecule has 0 unspecified atom stereocenters. The van der Waals surface area contributed by atoms with Crippen molar-refractivity contribution in [1.29, 1.82) is 0 Å². The van der Waals surface area contributed by atoms with Gasteiger partial charge < -0.3 is 9.64 Å². The highest BCUT2D eigenvalue weighted by Gasteiger charge is 2.57. The Morgan fingerprint density at radius 1 is 0.929 bits per heavy atom. The molecule has 2 aromatic rings. The summed E-state index contributed by atoms with van der Waals surface area (Å²) >= 11 is 0. The molecule has 28 heavy (non-hydrogen) atoms. The maximum Gasteiger partial charge on any atom is 0.404 e. The van der Waals surface area contributed by atoms with Crippen molar-refractivity contribution in [2.75, 3.05) is 14.1 Å². The van der Waals surface area contributed by atoms with Crippen LogP contribution < -0.4 is 4.74 Å². The molecule has 0 saturated carbocycles. The van der Waals surface area contributed by atoms with Crippen molar-refractivity contribution in [1.82, 2.24) is 4.90 Å². The monoisotopic (exact) mass is 409 g/mol. The molecular formula is C18H14F7NO2. The molecule has 0 aromatic heterocycles. The van der Waals surface area contributed by atoms with Gasteiger partial charge in [-0.15, -0.1) is 0 Å². The standard InChI is InChI=1S/C18H14F7NO2/c1-26(2)16(27)11-5-8-14(13(19)9-11)28-12-6-3-10(4-7-12)15(17(20,21)22)18(23,24)25/h3-9,15H,1-2H3. The van der Waals surface area contributed by atoms with Gasteiger partial charge in [-0.25, -0.2) is 4.39 Å². The summed E-state index contributed by atoms with van der Waals surface area (Å²) in [5, 5.41) is 0. The average Bonchev–Trinajstić information content (AvgIpc) is 2.55. The first-order valence-corrected chi connectivity index (χ1v) is 7.73. The second kappa shape index (κ2) is 7.69. The number of hydrogen-bond acceptors (Lipinski definition) is 2. The molecule has 0 saturated heterocycles. The van der Waals surface area contributed by atoms with Crippen LogP contribution in [0, 0.1) is 5.82 Å². The highest BCUT2D eigenvalue weighted by atomic mass is 19.4. The Kier molecular flexibility index (Phi) is 5.91. The molecule has 152 valence electrons. The third-order valence-electron chi connectivity index (χ3n) is 3.68. The number of hydrogen-bond donors (Lipinski definition) is 0. The Bertz CT molecular complexity index is 828. The first-order valence-electron chi connectivity index (χ1n) is 7.73. The highest BCUT2D eigenvalue weighted by Crippen LogP contribution is 2.46. The molecule has 3 nitrogen and oxygen atoms in total. The Morgan fingerprint density at radius 3 is 1.89 bits per heavy atom. The topological polar surface area (TPSA) is 29.5 Å². The largest absolute Gasteiger partial charge is 0.454 e. The molecular weight excluding hydrogens is 395 g/mol. The molecule has 0 bridgehead atoms. The Labute approximate surface area is 155 Å². The Hall–Kier alpha value is -2.78. The van der Waals surface area contributed by atoms with Crippen LogP contribution in [0.25, 0.3) is 0 Å². The fraction of sp³-hybridized carbons (Fsp3) is 0.278. The number of benzene rings is 2. The fourth-order valence-corrected chi connectivity index (χ4v) is 2.39. The Morgan fingerprint density at radius 2 is 1.46 bits per heavy atom. The van der Waals surface area contributed by atoms with E-state index in [9.17, 15) is 35.5 Å². The van der Waals surface area contributed by atoms with Crippen molar-refractivity contribution >= 4 is 5.91 Å². The van der Waals surface area contributed by atoms with E-state index < -0.39 is 35.6 Å². The number of halogens is 7. The molecule has 0 aliphatic carbocycles. The number of nitrogens with zero attached hydrogens (tertiary/aromatic N) is 1. The lowest BCUT2D eigenvalue weighted by Crippen LogP contribution is -2.34. The van der Waals surface area contributed by atoms with Crippen molar-refractivity contribution in [3.8, 4) is 11.5 Å². The van der Waals surface area contributed by atoms with Gasteiger partial charge >= 0.3 is 12.4 Å². The third-order valence-corrected chi connectivity index (χ3v) is 3.68. The van der Waals surface area contributed by atoms with Crippen LogP contribution >= 0.6 is 0 Å². The van der Waals surface area contributed by atoms with Crippen LogP contribution in [0.1, 0.15) is 21.8 Å². The van der Waals surface area contributed by atoms with Crippen LogP contribution in [0.15, 0.2) is 42.5 Å². The van der Waals surface area contributed by atoms with Gasteiger partial charge in [-0.3, -0.25) is 4.79 Å². The highest BCUT2D eigenvalue weighted by molar-refractivity contribution is 5.94. The average molecular weight is 409 g/mol. The van der Waals surface area contributed by atoms with E-state index >= 15 is 0 Å². The Balaban J connectivity index is 2.24. The van der Waals surface area contributed by atoms with Crippen molar-refractivity contribution in [3.63, 3.8) is 0 Å². The second-order valence-electron chi connectivity index (χ2n) is 6.03. The minimum absolute atomic E-state index is 0.0448. The maximum absolute atomic E-state index is 14.1. The summed E-state index contributed by atoms with van der Waals surface area (Å²) in [4.78, 5) is 13.0. The number of ether oxygens (including phenoxy) is 1. The maximum atomic E-state index is 14.1. The molecule has 0 radical (unpaired) electrons. The number of carbonyl (C=O) groups is 1. The van der Waals surface area contributed by atoms with Gasteiger partial charge in [-0.05, 0) is 35.9 Å². The van der Waals surface area contributed by atoms with Crippen molar-refractivity contribution in [2.45, 2.75) is 18.3 Å². The first kappa shape index (κ1) is 21.5. The van der Waals surface area contributed by atoms with Gasteiger partial charge in [0.25, 0.3) is 5.91 Å². The molecule has 2 rings (SSSR count). The molecule has 10 heteroatoms. The summed E-state index contributed by atoms with van der Waals surface area (Å²) in [5.41, 5.74) is -0.969. The molecule has 0 fully saturated rings. The van der Waals surface area contributed by atoms with E-state index in [4.69, 9.17) is 4.74 Å².